The summed E-state index contributed by atoms with van der Waals surface area (Å²) in [7, 11) is 0. The maximum atomic E-state index is 10.6. The van der Waals surface area contributed by atoms with Gasteiger partial charge in [-0.1, -0.05) is 33.6 Å². The first-order valence-electron chi connectivity index (χ1n) is 4.86. The molecule has 72 valence electrons. The van der Waals surface area contributed by atoms with Gasteiger partial charge in [0.1, 0.15) is 12.4 Å². The molecule has 2 nitrogen and oxygen atoms in total. The van der Waals surface area contributed by atoms with E-state index in [2.05, 4.69) is 20.8 Å². The number of hydrogen-bond acceptors (Lipinski definition) is 2. The Morgan fingerprint density at radius 3 is 2.17 bits per heavy atom. The van der Waals surface area contributed by atoms with Crippen molar-refractivity contribution in [3.63, 3.8) is 0 Å². The Balaban J connectivity index is 3.84. The molecule has 0 heterocycles. The van der Waals surface area contributed by atoms with Crippen molar-refractivity contribution < 1.29 is 9.53 Å². The molecule has 0 aliphatic rings. The van der Waals surface area contributed by atoms with Gasteiger partial charge in [0.15, 0.2) is 0 Å². The molecule has 0 bridgehead atoms. The van der Waals surface area contributed by atoms with Gasteiger partial charge in [0.05, 0.1) is 0 Å². The highest BCUT2D eigenvalue weighted by Gasteiger charge is 2.17. The summed E-state index contributed by atoms with van der Waals surface area (Å²) >= 11 is 0. The average molecular weight is 172 g/mol. The third-order valence-electron chi connectivity index (χ3n) is 2.16. The molecule has 0 aliphatic carbocycles. The van der Waals surface area contributed by atoms with Crippen LogP contribution in [0.1, 0.15) is 40.0 Å². The molecular weight excluding hydrogens is 152 g/mol. The molecule has 0 aliphatic heterocycles. The van der Waals surface area contributed by atoms with E-state index in [1.54, 1.807) is 0 Å². The van der Waals surface area contributed by atoms with Crippen molar-refractivity contribution in [2.75, 3.05) is 6.61 Å². The summed E-state index contributed by atoms with van der Waals surface area (Å²) in [5, 5.41) is 0. The quantitative estimate of drug-likeness (QED) is 0.551. The first-order valence-corrected chi connectivity index (χ1v) is 4.86. The van der Waals surface area contributed by atoms with Gasteiger partial charge < -0.3 is 9.53 Å². The van der Waals surface area contributed by atoms with E-state index in [0.717, 1.165) is 25.5 Å². The second-order valence-corrected chi connectivity index (χ2v) is 3.05. The van der Waals surface area contributed by atoms with E-state index >= 15 is 0 Å². The largest absolute Gasteiger partial charge is 0.370 e. The van der Waals surface area contributed by atoms with Crippen LogP contribution in [0.15, 0.2) is 0 Å². The van der Waals surface area contributed by atoms with Crippen LogP contribution in [-0.2, 0) is 9.53 Å². The summed E-state index contributed by atoms with van der Waals surface area (Å²) in [6.07, 6.45) is 3.77. The normalized spacial score (nSPS) is 13.3. The summed E-state index contributed by atoms with van der Waals surface area (Å²) in [6.45, 7) is 6.94. The fourth-order valence-electron chi connectivity index (χ4n) is 1.29. The first kappa shape index (κ1) is 11.6. The van der Waals surface area contributed by atoms with Crippen molar-refractivity contribution in [1.29, 1.82) is 0 Å². The molecule has 0 aromatic carbocycles. The zero-order valence-electron chi connectivity index (χ0n) is 8.38. The van der Waals surface area contributed by atoms with Crippen molar-refractivity contribution in [2.45, 2.75) is 46.1 Å². The van der Waals surface area contributed by atoms with E-state index in [9.17, 15) is 4.79 Å². The lowest BCUT2D eigenvalue weighted by molar-refractivity contribution is -0.121. The molecule has 0 fully saturated rings. The van der Waals surface area contributed by atoms with Crippen LogP contribution in [0.5, 0.6) is 0 Å². The molecule has 0 N–H and O–H groups in total. The lowest BCUT2D eigenvalue weighted by Gasteiger charge is -2.19. The highest BCUT2D eigenvalue weighted by atomic mass is 16.5. The Morgan fingerprint density at radius 2 is 1.83 bits per heavy atom. The zero-order chi connectivity index (χ0) is 9.40. The summed E-state index contributed by atoms with van der Waals surface area (Å²) in [4.78, 5) is 10.6. The van der Waals surface area contributed by atoms with E-state index in [1.807, 2.05) is 0 Å². The van der Waals surface area contributed by atoms with Gasteiger partial charge in [0.2, 0.25) is 0 Å². The third kappa shape index (κ3) is 3.86. The van der Waals surface area contributed by atoms with Gasteiger partial charge in [-0.25, -0.2) is 0 Å². The molecule has 0 rings (SSSR count). The van der Waals surface area contributed by atoms with Crippen molar-refractivity contribution in [3.05, 3.63) is 0 Å². The van der Waals surface area contributed by atoms with Gasteiger partial charge in [-0.05, 0) is 12.3 Å². The Bertz CT molecular complexity index is 108. The second kappa shape index (κ2) is 7.29. The minimum Gasteiger partial charge on any atom is -0.370 e. The van der Waals surface area contributed by atoms with Crippen LogP contribution in [0, 0.1) is 5.92 Å². The van der Waals surface area contributed by atoms with Crippen molar-refractivity contribution in [1.82, 2.24) is 0 Å². The van der Waals surface area contributed by atoms with Crippen LogP contribution in [0.2, 0.25) is 0 Å². The van der Waals surface area contributed by atoms with Crippen molar-refractivity contribution in [3.8, 4) is 0 Å². The minimum atomic E-state index is -0.181. The van der Waals surface area contributed by atoms with Gasteiger partial charge in [-0.3, -0.25) is 0 Å². The molecule has 0 saturated carbocycles. The third-order valence-corrected chi connectivity index (χ3v) is 2.16. The molecule has 2 heteroatoms. The molecule has 0 spiro atoms. The van der Waals surface area contributed by atoms with Crippen LogP contribution >= 0.6 is 0 Å². The van der Waals surface area contributed by atoms with E-state index < -0.39 is 0 Å². The Morgan fingerprint density at radius 1 is 1.25 bits per heavy atom. The van der Waals surface area contributed by atoms with Gasteiger partial charge in [-0.15, -0.1) is 0 Å². The molecule has 0 aromatic heterocycles. The number of hydrogen-bond donors (Lipinski definition) is 0. The Labute approximate surface area is 75.3 Å². The molecule has 0 saturated heterocycles. The highest BCUT2D eigenvalue weighted by Crippen LogP contribution is 2.14. The summed E-state index contributed by atoms with van der Waals surface area (Å²) in [6, 6.07) is 0. The fraction of sp³-hybridized carbons (Fsp3) is 0.900. The van der Waals surface area contributed by atoms with E-state index in [-0.39, 0.29) is 6.10 Å². The molecule has 1 atom stereocenters. The lowest BCUT2D eigenvalue weighted by Crippen LogP contribution is -2.25. The van der Waals surface area contributed by atoms with Crippen LogP contribution in [0.3, 0.4) is 0 Å². The molecule has 1 unspecified atom stereocenters. The van der Waals surface area contributed by atoms with Crippen LogP contribution < -0.4 is 0 Å². The predicted octanol–water partition coefficient (Wildman–Crippen LogP) is 2.42. The first-order chi connectivity index (χ1) is 5.79. The van der Waals surface area contributed by atoms with E-state index in [4.69, 9.17) is 4.74 Å². The SMILES string of the molecule is CCCOC(C=O)C(CC)CC. The van der Waals surface area contributed by atoms with Crippen molar-refractivity contribution >= 4 is 6.29 Å². The Kier molecular flexibility index (Phi) is 7.06. The molecular formula is C10H20O2. The van der Waals surface area contributed by atoms with Gasteiger partial charge in [0, 0.05) is 6.61 Å². The van der Waals surface area contributed by atoms with E-state index in [1.165, 1.54) is 0 Å². The second-order valence-electron chi connectivity index (χ2n) is 3.05. The average Bonchev–Trinajstić information content (AvgIpc) is 2.12. The molecule has 0 amide bonds. The summed E-state index contributed by atoms with van der Waals surface area (Å²) < 4.78 is 5.42. The maximum absolute atomic E-state index is 10.6. The predicted molar refractivity (Wildman–Crippen MR) is 50.2 cm³/mol. The van der Waals surface area contributed by atoms with Crippen LogP contribution in [0.4, 0.5) is 0 Å². The van der Waals surface area contributed by atoms with Gasteiger partial charge >= 0.3 is 0 Å². The topological polar surface area (TPSA) is 26.3 Å². The molecule has 0 aromatic rings. The van der Waals surface area contributed by atoms with Gasteiger partial charge in [0.25, 0.3) is 0 Å². The maximum Gasteiger partial charge on any atom is 0.149 e. The number of ether oxygens (including phenoxy) is 1. The summed E-state index contributed by atoms with van der Waals surface area (Å²) in [5.41, 5.74) is 0. The zero-order valence-corrected chi connectivity index (χ0v) is 8.38. The smallest absolute Gasteiger partial charge is 0.149 e. The van der Waals surface area contributed by atoms with Crippen LogP contribution in [0.25, 0.3) is 0 Å². The summed E-state index contributed by atoms with van der Waals surface area (Å²) in [5.74, 6) is 0.397. The molecule has 12 heavy (non-hydrogen) atoms. The number of carbonyl (C=O) groups excluding carboxylic acids is 1. The van der Waals surface area contributed by atoms with Crippen LogP contribution in [-0.4, -0.2) is 19.0 Å². The monoisotopic (exact) mass is 172 g/mol. The minimum absolute atomic E-state index is 0.181. The van der Waals surface area contributed by atoms with Crippen molar-refractivity contribution in [2.24, 2.45) is 5.92 Å². The number of aldehydes is 1. The lowest BCUT2D eigenvalue weighted by atomic mass is 9.97. The fourth-order valence-corrected chi connectivity index (χ4v) is 1.29. The van der Waals surface area contributed by atoms with Gasteiger partial charge in [-0.2, -0.15) is 0 Å². The van der Waals surface area contributed by atoms with E-state index in [0.29, 0.717) is 12.5 Å². The standard InChI is InChI=1S/C10H20O2/c1-4-7-12-10(8-11)9(5-2)6-3/h8-10H,4-7H2,1-3H3. The molecule has 0 radical (unpaired) electrons. The number of carbonyl (C=O) groups is 1. The Hall–Kier alpha value is -0.370. The highest BCUT2D eigenvalue weighted by molar-refractivity contribution is 5.56. The number of rotatable bonds is 7.